The molecule has 1 aromatic heterocycles. The summed E-state index contributed by atoms with van der Waals surface area (Å²) in [5.74, 6) is 0.145. The van der Waals surface area contributed by atoms with E-state index in [1.807, 2.05) is 13.8 Å². The van der Waals surface area contributed by atoms with Crippen LogP contribution in [0.15, 0.2) is 24.4 Å². The number of nitrogens with two attached hydrogens (primary N) is 1. The third kappa shape index (κ3) is 2.79. The van der Waals surface area contributed by atoms with Gasteiger partial charge in [0.25, 0.3) is 5.91 Å². The molecule has 0 aliphatic rings. The lowest BCUT2D eigenvalue weighted by Crippen LogP contribution is -2.28. The zero-order chi connectivity index (χ0) is 14.0. The number of halogens is 1. The minimum atomic E-state index is -0.230. The van der Waals surface area contributed by atoms with Crippen molar-refractivity contribution in [1.82, 2.24) is 10.3 Å². The van der Waals surface area contributed by atoms with Gasteiger partial charge in [0.2, 0.25) is 0 Å². The molecular weight excluding hydrogens is 262 g/mol. The number of carbonyl (C=O) groups is 1. The molecule has 3 N–H and O–H groups in total. The van der Waals surface area contributed by atoms with Crippen molar-refractivity contribution in [3.05, 3.63) is 35.1 Å². The molecule has 0 radical (unpaired) electrons. The van der Waals surface area contributed by atoms with Crippen LogP contribution >= 0.6 is 11.6 Å². The van der Waals surface area contributed by atoms with Crippen molar-refractivity contribution in [2.75, 3.05) is 12.3 Å². The Bertz CT molecular complexity index is 625. The van der Waals surface area contributed by atoms with Crippen LogP contribution in [-0.4, -0.2) is 17.4 Å². The number of fused-ring (bicyclic) bond motifs is 1. The van der Waals surface area contributed by atoms with Crippen LogP contribution in [0.5, 0.6) is 0 Å². The molecule has 2 rings (SSSR count). The van der Waals surface area contributed by atoms with Gasteiger partial charge in [0, 0.05) is 29.2 Å². The summed E-state index contributed by atoms with van der Waals surface area (Å²) >= 11 is 6.17. The number of carbonyl (C=O) groups excluding carboxylic acids is 1. The monoisotopic (exact) mass is 277 g/mol. The van der Waals surface area contributed by atoms with Crippen molar-refractivity contribution in [2.24, 2.45) is 5.92 Å². The predicted molar refractivity (Wildman–Crippen MR) is 78.3 cm³/mol. The van der Waals surface area contributed by atoms with Gasteiger partial charge in [-0.05, 0) is 24.1 Å². The number of amides is 1. The highest BCUT2D eigenvalue weighted by atomic mass is 35.5. The molecule has 0 spiro atoms. The molecule has 0 bridgehead atoms. The quantitative estimate of drug-likeness (QED) is 0.848. The van der Waals surface area contributed by atoms with Crippen molar-refractivity contribution in [3.8, 4) is 0 Å². The first-order valence-corrected chi connectivity index (χ1v) is 6.49. The summed E-state index contributed by atoms with van der Waals surface area (Å²) in [6.07, 6.45) is 1.57. The van der Waals surface area contributed by atoms with Crippen LogP contribution in [0.4, 0.5) is 5.69 Å². The minimum Gasteiger partial charge on any atom is -0.398 e. The van der Waals surface area contributed by atoms with E-state index in [1.54, 1.807) is 24.4 Å². The topological polar surface area (TPSA) is 68.0 Å². The molecule has 0 fully saturated rings. The predicted octanol–water partition coefficient (Wildman–Crippen LogP) is 2.86. The fourth-order valence-electron chi connectivity index (χ4n) is 1.83. The van der Waals surface area contributed by atoms with E-state index in [4.69, 9.17) is 17.3 Å². The van der Waals surface area contributed by atoms with Gasteiger partial charge in [-0.15, -0.1) is 0 Å². The van der Waals surface area contributed by atoms with Gasteiger partial charge in [0.1, 0.15) is 5.69 Å². The maximum Gasteiger partial charge on any atom is 0.270 e. The third-order valence-electron chi connectivity index (χ3n) is 2.80. The number of hydrogen-bond donors (Lipinski definition) is 2. The van der Waals surface area contributed by atoms with Crippen LogP contribution in [-0.2, 0) is 0 Å². The highest BCUT2D eigenvalue weighted by Gasteiger charge is 2.15. The molecule has 0 aliphatic heterocycles. The molecular formula is C14H16ClN3O. The van der Waals surface area contributed by atoms with Crippen LogP contribution < -0.4 is 11.1 Å². The second-order valence-electron chi connectivity index (χ2n) is 4.82. The van der Waals surface area contributed by atoms with E-state index in [9.17, 15) is 4.79 Å². The fourth-order valence-corrected chi connectivity index (χ4v) is 2.09. The number of nitrogens with one attached hydrogen (secondary N) is 1. The van der Waals surface area contributed by atoms with E-state index in [-0.39, 0.29) is 5.91 Å². The molecule has 100 valence electrons. The van der Waals surface area contributed by atoms with Crippen LogP contribution in [0, 0.1) is 5.92 Å². The molecule has 4 nitrogen and oxygen atoms in total. The average molecular weight is 278 g/mol. The molecule has 5 heteroatoms. The molecule has 0 unspecified atom stereocenters. The van der Waals surface area contributed by atoms with Crippen molar-refractivity contribution >= 4 is 34.0 Å². The van der Waals surface area contributed by atoms with Crippen molar-refractivity contribution in [3.63, 3.8) is 0 Å². The number of rotatable bonds is 3. The molecule has 1 heterocycles. The fraction of sp³-hybridized carbons (Fsp3) is 0.286. The summed E-state index contributed by atoms with van der Waals surface area (Å²) in [7, 11) is 0. The first-order valence-electron chi connectivity index (χ1n) is 6.11. The second kappa shape index (κ2) is 5.45. The number of pyridine rings is 1. The van der Waals surface area contributed by atoms with Crippen molar-refractivity contribution in [1.29, 1.82) is 0 Å². The number of nitrogen functional groups attached to an aromatic ring is 1. The average Bonchev–Trinajstić information content (AvgIpc) is 2.39. The highest BCUT2D eigenvalue weighted by Crippen LogP contribution is 2.29. The highest BCUT2D eigenvalue weighted by molar-refractivity contribution is 6.37. The maximum atomic E-state index is 12.2. The maximum absolute atomic E-state index is 12.2. The summed E-state index contributed by atoms with van der Waals surface area (Å²) < 4.78 is 0. The summed E-state index contributed by atoms with van der Waals surface area (Å²) in [5.41, 5.74) is 6.80. The van der Waals surface area contributed by atoms with E-state index in [2.05, 4.69) is 10.3 Å². The zero-order valence-corrected chi connectivity index (χ0v) is 11.7. The van der Waals surface area contributed by atoms with E-state index >= 15 is 0 Å². The molecule has 19 heavy (non-hydrogen) atoms. The Labute approximate surface area is 117 Å². The molecule has 0 saturated carbocycles. The summed E-state index contributed by atoms with van der Waals surface area (Å²) in [5, 5.41) is 4.66. The molecule has 1 aromatic carbocycles. The number of nitrogens with zero attached hydrogens (tertiary/aromatic N) is 1. The smallest absolute Gasteiger partial charge is 0.270 e. The first-order chi connectivity index (χ1) is 9.00. The lowest BCUT2D eigenvalue weighted by molar-refractivity contribution is 0.0946. The first kappa shape index (κ1) is 13.6. The van der Waals surface area contributed by atoms with Gasteiger partial charge in [-0.2, -0.15) is 0 Å². The van der Waals surface area contributed by atoms with Gasteiger partial charge < -0.3 is 11.1 Å². The van der Waals surface area contributed by atoms with Crippen LogP contribution in [0.25, 0.3) is 10.8 Å². The number of aromatic nitrogens is 1. The normalized spacial score (nSPS) is 10.9. The summed E-state index contributed by atoms with van der Waals surface area (Å²) in [4.78, 5) is 16.3. The Balaban J connectivity index is 2.49. The van der Waals surface area contributed by atoms with Gasteiger partial charge in [0.05, 0.1) is 5.02 Å². The van der Waals surface area contributed by atoms with Crippen molar-refractivity contribution < 1.29 is 4.79 Å². The molecule has 0 saturated heterocycles. The van der Waals surface area contributed by atoms with Gasteiger partial charge in [-0.25, -0.2) is 0 Å². The summed E-state index contributed by atoms with van der Waals surface area (Å²) in [6, 6.07) is 5.16. The van der Waals surface area contributed by atoms with Crippen LogP contribution in [0.1, 0.15) is 24.3 Å². The van der Waals surface area contributed by atoms with E-state index in [1.165, 1.54) is 0 Å². The lowest BCUT2D eigenvalue weighted by Gasteiger charge is -2.11. The van der Waals surface area contributed by atoms with Gasteiger partial charge >= 0.3 is 0 Å². The lowest BCUT2D eigenvalue weighted by atomic mass is 10.1. The third-order valence-corrected chi connectivity index (χ3v) is 3.11. The van der Waals surface area contributed by atoms with E-state index in [0.29, 0.717) is 34.3 Å². The zero-order valence-electron chi connectivity index (χ0n) is 10.9. The van der Waals surface area contributed by atoms with Crippen molar-refractivity contribution in [2.45, 2.75) is 13.8 Å². The Hall–Kier alpha value is -1.81. The second-order valence-corrected chi connectivity index (χ2v) is 5.23. The van der Waals surface area contributed by atoms with Gasteiger partial charge in [-0.1, -0.05) is 25.4 Å². The number of hydrogen-bond acceptors (Lipinski definition) is 3. The molecule has 0 atom stereocenters. The Kier molecular flexibility index (Phi) is 3.90. The minimum absolute atomic E-state index is 0.230. The van der Waals surface area contributed by atoms with Gasteiger partial charge in [0.15, 0.2) is 0 Å². The number of anilines is 1. The summed E-state index contributed by atoms with van der Waals surface area (Å²) in [6.45, 7) is 4.65. The largest absolute Gasteiger partial charge is 0.398 e. The van der Waals surface area contributed by atoms with E-state index < -0.39 is 0 Å². The molecule has 1 amide bonds. The Morgan fingerprint density at radius 3 is 2.84 bits per heavy atom. The van der Waals surface area contributed by atoms with Crippen LogP contribution in [0.2, 0.25) is 5.02 Å². The molecule has 0 aliphatic carbocycles. The van der Waals surface area contributed by atoms with Crippen LogP contribution in [0.3, 0.4) is 0 Å². The Morgan fingerprint density at radius 1 is 1.42 bits per heavy atom. The molecule has 2 aromatic rings. The SMILES string of the molecule is CC(C)CNC(=O)c1nccc2c(N)ccc(Cl)c12. The number of benzene rings is 1. The van der Waals surface area contributed by atoms with Gasteiger partial charge in [-0.3, -0.25) is 9.78 Å². The Morgan fingerprint density at radius 2 is 2.16 bits per heavy atom. The van der Waals surface area contributed by atoms with E-state index in [0.717, 1.165) is 5.39 Å². The standard InChI is InChI=1S/C14H16ClN3O/c1-8(2)7-18-14(19)13-12-9(5-6-17-13)11(16)4-3-10(12)15/h3-6,8H,7,16H2,1-2H3,(H,18,19).